The monoisotopic (exact) mass is 572 g/mol. The lowest BCUT2D eigenvalue weighted by Gasteiger charge is -2.23. The number of nitrogens with one attached hydrogen (secondary N) is 2. The summed E-state index contributed by atoms with van der Waals surface area (Å²) in [4.78, 5) is 28.7. The zero-order valence-electron chi connectivity index (χ0n) is 18.8. The summed E-state index contributed by atoms with van der Waals surface area (Å²) >= 11 is 0. The summed E-state index contributed by atoms with van der Waals surface area (Å²) in [6.45, 7) is 0. The Hall–Kier alpha value is -4.44. The third kappa shape index (κ3) is 8.82. The van der Waals surface area contributed by atoms with Crippen LogP contribution in [0.1, 0.15) is 28.4 Å². The molecule has 17 heteroatoms. The Morgan fingerprint density at radius 3 is 1.95 bits per heavy atom. The van der Waals surface area contributed by atoms with Crippen molar-refractivity contribution in [2.45, 2.75) is 24.6 Å². The van der Waals surface area contributed by atoms with Crippen molar-refractivity contribution in [2.24, 2.45) is 0 Å². The lowest BCUT2D eigenvalue weighted by atomic mass is 9.97. The van der Waals surface area contributed by atoms with Crippen molar-refractivity contribution in [2.75, 3.05) is 5.32 Å². The number of carboxylic acids is 1. The predicted molar refractivity (Wildman–Crippen MR) is 113 cm³/mol. The molecule has 39 heavy (non-hydrogen) atoms. The first-order valence-electron chi connectivity index (χ1n) is 10.1. The van der Waals surface area contributed by atoms with Crippen LogP contribution in [0.15, 0.2) is 61.1 Å². The molecule has 1 aromatic carbocycles. The third-order valence-corrected chi connectivity index (χ3v) is 4.48. The number of anilines is 1. The van der Waals surface area contributed by atoms with Gasteiger partial charge in [0.1, 0.15) is 5.82 Å². The van der Waals surface area contributed by atoms with Crippen LogP contribution in [0.25, 0.3) is 0 Å². The second-order valence-corrected chi connectivity index (χ2v) is 7.25. The van der Waals surface area contributed by atoms with E-state index < -0.39 is 64.8 Å². The number of carbonyl (C=O) groups excluding carboxylic acids is 1. The number of hydrogen-bond acceptors (Lipinski definition) is 4. The lowest BCUT2D eigenvalue weighted by molar-refractivity contribution is -0.192. The largest absolute Gasteiger partial charge is 0.490 e. The van der Waals surface area contributed by atoms with E-state index in [1.807, 2.05) is 0 Å². The van der Waals surface area contributed by atoms with Crippen LogP contribution < -0.4 is 10.6 Å². The molecular formula is C22H14F10N4O3. The van der Waals surface area contributed by atoms with E-state index in [4.69, 9.17) is 9.90 Å². The number of halogens is 10. The fourth-order valence-corrected chi connectivity index (χ4v) is 2.87. The van der Waals surface area contributed by atoms with Crippen LogP contribution in [-0.4, -0.2) is 33.3 Å². The van der Waals surface area contributed by atoms with Gasteiger partial charge in [-0.1, -0.05) is 6.07 Å². The SMILES string of the molecule is O=C(Nc1cccnc1)NC(c1ccc(F)c(C(F)(F)F)c1)c1ncccc1C(F)(F)F.O=C(O)C(F)(F)F. The number of pyridine rings is 2. The maximum Gasteiger partial charge on any atom is 0.490 e. The Balaban J connectivity index is 0.000000673. The molecule has 0 fully saturated rings. The van der Waals surface area contributed by atoms with E-state index in [0.29, 0.717) is 18.2 Å². The maximum atomic E-state index is 13.7. The topological polar surface area (TPSA) is 104 Å². The second-order valence-electron chi connectivity index (χ2n) is 7.25. The van der Waals surface area contributed by atoms with Gasteiger partial charge in [-0.3, -0.25) is 9.97 Å². The molecule has 0 spiro atoms. The summed E-state index contributed by atoms with van der Waals surface area (Å²) in [6, 6.07) is 3.38. The summed E-state index contributed by atoms with van der Waals surface area (Å²) in [6.07, 6.45) is -11.5. The molecule has 1 unspecified atom stereocenters. The molecule has 0 aliphatic heterocycles. The van der Waals surface area contributed by atoms with Crippen molar-refractivity contribution in [3.8, 4) is 0 Å². The zero-order valence-corrected chi connectivity index (χ0v) is 18.8. The summed E-state index contributed by atoms with van der Waals surface area (Å²) in [5.74, 6) is -4.37. The Labute approximate surface area is 211 Å². The number of alkyl halides is 9. The van der Waals surface area contributed by atoms with Gasteiger partial charge in [-0.05, 0) is 42.0 Å². The number of nitrogens with zero attached hydrogens (tertiary/aromatic N) is 2. The highest BCUT2D eigenvalue weighted by Crippen LogP contribution is 2.38. The summed E-state index contributed by atoms with van der Waals surface area (Å²) in [7, 11) is 0. The number of hydrogen-bond donors (Lipinski definition) is 3. The minimum atomic E-state index is -5.11. The average Bonchev–Trinajstić information content (AvgIpc) is 2.82. The number of carboxylic acid groups (broad SMARTS) is 1. The summed E-state index contributed by atoms with van der Waals surface area (Å²) in [5.41, 5.74) is -4.01. The number of urea groups is 1. The molecule has 3 aromatic rings. The molecule has 2 heterocycles. The molecule has 2 amide bonds. The Morgan fingerprint density at radius 2 is 1.44 bits per heavy atom. The van der Waals surface area contributed by atoms with Crippen LogP contribution in [0.2, 0.25) is 0 Å². The number of carbonyl (C=O) groups is 2. The molecule has 7 nitrogen and oxygen atoms in total. The molecule has 3 N–H and O–H groups in total. The van der Waals surface area contributed by atoms with Crippen LogP contribution in [0, 0.1) is 5.82 Å². The molecule has 1 atom stereocenters. The Bertz CT molecular complexity index is 1300. The number of rotatable bonds is 4. The molecular weight excluding hydrogens is 558 g/mol. The number of amides is 2. The predicted octanol–water partition coefficient (Wildman–Crippen LogP) is 6.20. The smallest absolute Gasteiger partial charge is 0.475 e. The first-order valence-corrected chi connectivity index (χ1v) is 10.1. The quantitative estimate of drug-likeness (QED) is 0.323. The minimum Gasteiger partial charge on any atom is -0.475 e. The molecule has 0 saturated heterocycles. The molecule has 3 rings (SSSR count). The molecule has 0 aliphatic rings. The van der Waals surface area contributed by atoms with E-state index in [-0.39, 0.29) is 5.69 Å². The van der Waals surface area contributed by atoms with Gasteiger partial charge in [0.05, 0.1) is 34.7 Å². The first-order chi connectivity index (χ1) is 17.9. The van der Waals surface area contributed by atoms with Gasteiger partial charge in [0.2, 0.25) is 0 Å². The van der Waals surface area contributed by atoms with Crippen LogP contribution in [0.4, 0.5) is 54.4 Å². The van der Waals surface area contributed by atoms with Gasteiger partial charge in [-0.15, -0.1) is 0 Å². The number of benzene rings is 1. The maximum absolute atomic E-state index is 13.7. The van der Waals surface area contributed by atoms with E-state index in [0.717, 1.165) is 18.3 Å². The first kappa shape index (κ1) is 30.8. The summed E-state index contributed by atoms with van der Waals surface area (Å²) in [5, 5.41) is 11.6. The van der Waals surface area contributed by atoms with Crippen LogP contribution in [0.3, 0.4) is 0 Å². The van der Waals surface area contributed by atoms with Crippen LogP contribution in [0.5, 0.6) is 0 Å². The van der Waals surface area contributed by atoms with E-state index in [9.17, 15) is 48.7 Å². The molecule has 2 aromatic heterocycles. The highest BCUT2D eigenvalue weighted by Gasteiger charge is 2.39. The molecule has 210 valence electrons. The molecule has 0 saturated carbocycles. The second kappa shape index (κ2) is 12.0. The lowest BCUT2D eigenvalue weighted by Crippen LogP contribution is -2.35. The molecule has 0 bridgehead atoms. The van der Waals surface area contributed by atoms with E-state index in [2.05, 4.69) is 20.6 Å². The van der Waals surface area contributed by atoms with Crippen molar-refractivity contribution in [3.05, 3.63) is 89.3 Å². The van der Waals surface area contributed by atoms with Gasteiger partial charge in [-0.2, -0.15) is 39.5 Å². The standard InChI is InChI=1S/C20H13F7N4O.C2HF3O2/c21-15-6-5-11(9-14(15)20(25,26)27)16(17-13(19(22,23)24)4-2-8-29-17)31-18(32)30-12-3-1-7-28-10-12;3-2(4,5)1(6)7/h1-10,16H,(H2,30,31,32);(H,6,7). The highest BCUT2D eigenvalue weighted by molar-refractivity contribution is 5.89. The third-order valence-electron chi connectivity index (χ3n) is 4.48. The Kier molecular flexibility index (Phi) is 9.43. The van der Waals surface area contributed by atoms with Crippen molar-refractivity contribution < 1.29 is 58.6 Å². The summed E-state index contributed by atoms with van der Waals surface area (Å²) < 4.78 is 126. The Morgan fingerprint density at radius 1 is 0.846 bits per heavy atom. The van der Waals surface area contributed by atoms with Crippen molar-refractivity contribution in [1.29, 1.82) is 0 Å². The molecule has 0 radical (unpaired) electrons. The van der Waals surface area contributed by atoms with Crippen molar-refractivity contribution >= 4 is 17.7 Å². The fraction of sp³-hybridized carbons (Fsp3) is 0.182. The van der Waals surface area contributed by atoms with Gasteiger partial charge < -0.3 is 15.7 Å². The number of aromatic nitrogens is 2. The highest BCUT2D eigenvalue weighted by atomic mass is 19.4. The van der Waals surface area contributed by atoms with Gasteiger partial charge in [0.15, 0.2) is 0 Å². The van der Waals surface area contributed by atoms with Crippen LogP contribution in [-0.2, 0) is 17.1 Å². The molecule has 0 aliphatic carbocycles. The van der Waals surface area contributed by atoms with E-state index in [1.165, 1.54) is 24.5 Å². The van der Waals surface area contributed by atoms with Crippen molar-refractivity contribution in [1.82, 2.24) is 15.3 Å². The van der Waals surface area contributed by atoms with Crippen LogP contribution >= 0.6 is 0 Å². The van der Waals surface area contributed by atoms with Gasteiger partial charge in [0.25, 0.3) is 0 Å². The van der Waals surface area contributed by atoms with Gasteiger partial charge >= 0.3 is 30.5 Å². The van der Waals surface area contributed by atoms with Gasteiger partial charge in [-0.25, -0.2) is 14.0 Å². The van der Waals surface area contributed by atoms with E-state index >= 15 is 0 Å². The number of aliphatic carboxylic acids is 1. The van der Waals surface area contributed by atoms with E-state index in [1.54, 1.807) is 0 Å². The van der Waals surface area contributed by atoms with Crippen molar-refractivity contribution in [3.63, 3.8) is 0 Å². The zero-order chi connectivity index (χ0) is 29.6. The fourth-order valence-electron chi connectivity index (χ4n) is 2.87. The average molecular weight is 572 g/mol. The normalized spacial score (nSPS) is 12.6. The van der Waals surface area contributed by atoms with Gasteiger partial charge in [0, 0.05) is 12.4 Å². The minimum absolute atomic E-state index is 0.177.